The molecule has 5 nitrogen and oxygen atoms in total. The van der Waals surface area contributed by atoms with Crippen LogP contribution < -0.4 is 0 Å². The number of imide groups is 1. The third-order valence-corrected chi connectivity index (χ3v) is 3.35. The molecule has 1 fully saturated rings. The molecule has 0 N–H and O–H groups in total. The van der Waals surface area contributed by atoms with Crippen molar-refractivity contribution in [1.29, 1.82) is 0 Å². The van der Waals surface area contributed by atoms with Gasteiger partial charge in [0.05, 0.1) is 12.5 Å². The third kappa shape index (κ3) is 2.54. The van der Waals surface area contributed by atoms with E-state index in [9.17, 15) is 9.59 Å². The molecule has 2 bridgehead atoms. The Morgan fingerprint density at radius 1 is 1.39 bits per heavy atom. The molecule has 2 amide bonds. The van der Waals surface area contributed by atoms with Crippen LogP contribution in [-0.2, 0) is 9.53 Å². The number of fused-ring (bicyclic) bond motifs is 2. The minimum absolute atomic E-state index is 0.142. The molecule has 0 aliphatic carbocycles. The van der Waals surface area contributed by atoms with Crippen LogP contribution in [-0.4, -0.2) is 41.3 Å². The highest BCUT2D eigenvalue weighted by molar-refractivity contribution is 5.97. The number of carbonyl (C=O) groups is 2. The van der Waals surface area contributed by atoms with Gasteiger partial charge in [0, 0.05) is 18.2 Å². The Bertz CT molecular complexity index is 409. The number of piperidine rings is 1. The number of hydrogen-bond acceptors (Lipinski definition) is 4. The molecule has 0 saturated carbocycles. The average molecular weight is 252 g/mol. The molecule has 5 heteroatoms. The van der Waals surface area contributed by atoms with Crippen molar-refractivity contribution >= 4 is 17.7 Å². The first kappa shape index (κ1) is 13.1. The van der Waals surface area contributed by atoms with Crippen LogP contribution >= 0.6 is 0 Å². The fraction of sp³-hybridized carbons (Fsp3) is 0.769. The van der Waals surface area contributed by atoms with E-state index in [4.69, 9.17) is 4.74 Å². The van der Waals surface area contributed by atoms with Gasteiger partial charge in [-0.3, -0.25) is 9.79 Å². The van der Waals surface area contributed by atoms with Crippen LogP contribution in [0.5, 0.6) is 0 Å². The van der Waals surface area contributed by atoms with Crippen molar-refractivity contribution in [2.24, 2.45) is 16.8 Å². The lowest BCUT2D eigenvalue weighted by Crippen LogP contribution is -2.53. The molecule has 0 aromatic rings. The number of ether oxygens (including phenoxy) is 1. The lowest BCUT2D eigenvalue weighted by atomic mass is 9.83. The lowest BCUT2D eigenvalue weighted by molar-refractivity contribution is -0.138. The van der Waals surface area contributed by atoms with Crippen LogP contribution in [0.15, 0.2) is 4.99 Å². The number of rotatable bonds is 0. The molecule has 2 heterocycles. The third-order valence-electron chi connectivity index (χ3n) is 3.35. The summed E-state index contributed by atoms with van der Waals surface area (Å²) >= 11 is 0. The lowest BCUT2D eigenvalue weighted by Gasteiger charge is -2.38. The summed E-state index contributed by atoms with van der Waals surface area (Å²) in [6.07, 6.45) is 0.282. The summed E-state index contributed by atoms with van der Waals surface area (Å²) in [7, 11) is 0. The van der Waals surface area contributed by atoms with Crippen LogP contribution in [0.1, 0.15) is 34.1 Å². The monoisotopic (exact) mass is 252 g/mol. The number of amides is 2. The molecule has 100 valence electrons. The minimum Gasteiger partial charge on any atom is -0.443 e. The molecular formula is C13H20N2O3. The van der Waals surface area contributed by atoms with E-state index in [1.807, 2.05) is 6.92 Å². The second kappa shape index (κ2) is 4.37. The first-order valence-corrected chi connectivity index (χ1v) is 6.33. The Labute approximate surface area is 107 Å². The summed E-state index contributed by atoms with van der Waals surface area (Å²) < 4.78 is 5.27. The van der Waals surface area contributed by atoms with Crippen LogP contribution in [0.2, 0.25) is 0 Å². The Morgan fingerprint density at radius 3 is 2.67 bits per heavy atom. The molecule has 2 atom stereocenters. The molecule has 0 aromatic carbocycles. The minimum atomic E-state index is -0.576. The van der Waals surface area contributed by atoms with E-state index >= 15 is 0 Å². The van der Waals surface area contributed by atoms with Crippen molar-refractivity contribution in [3.05, 3.63) is 0 Å². The maximum atomic E-state index is 12.1. The van der Waals surface area contributed by atoms with Gasteiger partial charge in [-0.1, -0.05) is 0 Å². The fourth-order valence-corrected chi connectivity index (χ4v) is 2.37. The maximum Gasteiger partial charge on any atom is 0.417 e. The van der Waals surface area contributed by atoms with Crippen molar-refractivity contribution < 1.29 is 14.3 Å². The van der Waals surface area contributed by atoms with E-state index in [-0.39, 0.29) is 17.7 Å². The second-order valence-corrected chi connectivity index (χ2v) is 6.04. The quantitative estimate of drug-likeness (QED) is 0.661. The molecule has 0 spiro atoms. The van der Waals surface area contributed by atoms with Crippen LogP contribution in [0.25, 0.3) is 0 Å². The van der Waals surface area contributed by atoms with Gasteiger partial charge in [-0.2, -0.15) is 0 Å². The van der Waals surface area contributed by atoms with E-state index in [2.05, 4.69) is 4.99 Å². The average Bonchev–Trinajstić information content (AvgIpc) is 2.24. The van der Waals surface area contributed by atoms with Gasteiger partial charge in [0.1, 0.15) is 5.60 Å². The summed E-state index contributed by atoms with van der Waals surface area (Å²) in [4.78, 5) is 29.7. The SMILES string of the molecule is CC1=NCC2C[C@@H]1CN(C(=O)OC(C)(C)C)C2=O. The summed E-state index contributed by atoms with van der Waals surface area (Å²) in [5, 5.41) is 0. The van der Waals surface area contributed by atoms with E-state index in [1.54, 1.807) is 20.8 Å². The van der Waals surface area contributed by atoms with E-state index in [0.29, 0.717) is 13.1 Å². The zero-order valence-electron chi connectivity index (χ0n) is 11.4. The smallest absolute Gasteiger partial charge is 0.417 e. The molecule has 2 rings (SSSR count). The van der Waals surface area contributed by atoms with Gasteiger partial charge >= 0.3 is 6.09 Å². The van der Waals surface area contributed by atoms with Crippen molar-refractivity contribution in [2.45, 2.75) is 39.7 Å². The van der Waals surface area contributed by atoms with E-state index in [1.165, 1.54) is 4.90 Å². The zero-order valence-corrected chi connectivity index (χ0v) is 11.4. The summed E-state index contributed by atoms with van der Waals surface area (Å²) in [5.41, 5.74) is 0.458. The summed E-state index contributed by atoms with van der Waals surface area (Å²) in [6, 6.07) is 0. The topological polar surface area (TPSA) is 59.0 Å². The molecule has 18 heavy (non-hydrogen) atoms. The zero-order chi connectivity index (χ0) is 13.5. The number of hydrogen-bond donors (Lipinski definition) is 0. The number of likely N-dealkylation sites (tertiary alicyclic amines) is 1. The van der Waals surface area contributed by atoms with Crippen molar-refractivity contribution in [1.82, 2.24) is 4.90 Å². The highest BCUT2D eigenvalue weighted by Crippen LogP contribution is 2.29. The van der Waals surface area contributed by atoms with Crippen LogP contribution in [0, 0.1) is 11.8 Å². The Morgan fingerprint density at radius 2 is 2.06 bits per heavy atom. The van der Waals surface area contributed by atoms with Gasteiger partial charge in [-0.05, 0) is 34.1 Å². The molecule has 1 saturated heterocycles. The van der Waals surface area contributed by atoms with E-state index in [0.717, 1.165) is 12.1 Å². The normalized spacial score (nSPS) is 27.9. The van der Waals surface area contributed by atoms with Gasteiger partial charge in [0.2, 0.25) is 5.91 Å². The number of nitrogens with zero attached hydrogens (tertiary/aromatic N) is 2. The number of carbonyl (C=O) groups excluding carboxylic acids is 2. The first-order chi connectivity index (χ1) is 8.28. The molecule has 1 unspecified atom stereocenters. The predicted octanol–water partition coefficient (Wildman–Crippen LogP) is 1.86. The largest absolute Gasteiger partial charge is 0.443 e. The maximum absolute atomic E-state index is 12.1. The predicted molar refractivity (Wildman–Crippen MR) is 67.5 cm³/mol. The molecule has 2 aliphatic rings. The van der Waals surface area contributed by atoms with Gasteiger partial charge in [0.25, 0.3) is 0 Å². The van der Waals surface area contributed by atoms with Crippen molar-refractivity contribution in [3.63, 3.8) is 0 Å². The standard InChI is InChI=1S/C13H20N2O3/c1-8-10-5-9(6-14-8)11(16)15(7-10)12(17)18-13(2,3)4/h9-10H,5-7H2,1-4H3/t9?,10-/m1/s1. The molecule has 0 radical (unpaired) electrons. The van der Waals surface area contributed by atoms with Gasteiger partial charge in [-0.25, -0.2) is 9.69 Å². The Kier molecular flexibility index (Phi) is 3.17. The summed E-state index contributed by atoms with van der Waals surface area (Å²) in [6.45, 7) is 8.26. The summed E-state index contributed by atoms with van der Waals surface area (Å²) in [5.74, 6) is -0.0920. The van der Waals surface area contributed by atoms with Gasteiger partial charge < -0.3 is 4.74 Å². The Hall–Kier alpha value is -1.39. The first-order valence-electron chi connectivity index (χ1n) is 6.33. The molecule has 2 aliphatic heterocycles. The fourth-order valence-electron chi connectivity index (χ4n) is 2.37. The van der Waals surface area contributed by atoms with Crippen molar-refractivity contribution in [2.75, 3.05) is 13.1 Å². The number of aliphatic imine (C=N–C) groups is 1. The van der Waals surface area contributed by atoms with Crippen LogP contribution in [0.3, 0.4) is 0 Å². The van der Waals surface area contributed by atoms with Gasteiger partial charge in [0.15, 0.2) is 0 Å². The highest BCUT2D eigenvalue weighted by Gasteiger charge is 2.41. The molecular weight excluding hydrogens is 232 g/mol. The second-order valence-electron chi connectivity index (χ2n) is 6.04. The Balaban J connectivity index is 2.13. The van der Waals surface area contributed by atoms with E-state index < -0.39 is 11.7 Å². The van der Waals surface area contributed by atoms with Gasteiger partial charge in [-0.15, -0.1) is 0 Å². The molecule has 0 aromatic heterocycles. The highest BCUT2D eigenvalue weighted by atomic mass is 16.6. The van der Waals surface area contributed by atoms with Crippen LogP contribution in [0.4, 0.5) is 4.79 Å². The van der Waals surface area contributed by atoms with Crippen molar-refractivity contribution in [3.8, 4) is 0 Å².